The van der Waals surface area contributed by atoms with Gasteiger partial charge in [-0.05, 0) is 48.3 Å². The number of primary amides is 1. The molecular formula is C27H32N4O4Si. The number of aliphatic hydroxyl groups is 1. The van der Waals surface area contributed by atoms with E-state index in [0.717, 1.165) is 5.52 Å². The number of amides is 2. The third-order valence-electron chi connectivity index (χ3n) is 7.13. The first-order chi connectivity index (χ1) is 16.7. The Balaban J connectivity index is 1.71. The van der Waals surface area contributed by atoms with Crippen LogP contribution in [0.2, 0.25) is 18.1 Å². The summed E-state index contributed by atoms with van der Waals surface area (Å²) >= 11 is 0. The van der Waals surface area contributed by atoms with Crippen molar-refractivity contribution in [1.29, 1.82) is 0 Å². The van der Waals surface area contributed by atoms with Gasteiger partial charge in [0.15, 0.2) is 14.0 Å². The number of benzene rings is 2. The molecule has 4 rings (SSSR count). The minimum absolute atomic E-state index is 0.0871. The van der Waals surface area contributed by atoms with Gasteiger partial charge in [-0.3, -0.25) is 9.59 Å². The van der Waals surface area contributed by atoms with Gasteiger partial charge in [-0.2, -0.15) is 5.10 Å². The quantitative estimate of drug-likeness (QED) is 0.419. The van der Waals surface area contributed by atoms with Crippen LogP contribution in [0.5, 0.6) is 0 Å². The van der Waals surface area contributed by atoms with E-state index in [1.807, 2.05) is 24.3 Å². The maximum Gasteiger partial charge on any atom is 0.269 e. The predicted octanol–water partition coefficient (Wildman–Crippen LogP) is 3.07. The molecule has 2 amide bonds. The fourth-order valence-corrected chi connectivity index (χ4v) is 5.32. The van der Waals surface area contributed by atoms with E-state index in [9.17, 15) is 14.7 Å². The van der Waals surface area contributed by atoms with E-state index in [-0.39, 0.29) is 17.3 Å². The Kier molecular flexibility index (Phi) is 6.33. The number of fused-ring (bicyclic) bond motifs is 1. The number of hydrogen-bond donors (Lipinski definition) is 2. The van der Waals surface area contributed by atoms with Crippen molar-refractivity contribution in [1.82, 2.24) is 14.7 Å². The van der Waals surface area contributed by atoms with Crippen LogP contribution in [-0.4, -0.2) is 65.2 Å². The average Bonchev–Trinajstić information content (AvgIpc) is 3.29. The van der Waals surface area contributed by atoms with Crippen LogP contribution >= 0.6 is 0 Å². The lowest BCUT2D eigenvalue weighted by Gasteiger charge is -2.39. The molecule has 2 atom stereocenters. The summed E-state index contributed by atoms with van der Waals surface area (Å²) in [7, 11) is -0.626. The van der Waals surface area contributed by atoms with Gasteiger partial charge in [-0.15, -0.1) is 0 Å². The zero-order chi connectivity index (χ0) is 26.5. The second-order valence-electron chi connectivity index (χ2n) is 10.8. The Morgan fingerprint density at radius 1 is 1.22 bits per heavy atom. The molecular weight excluding hydrogens is 472 g/mol. The van der Waals surface area contributed by atoms with Crippen molar-refractivity contribution in [3.05, 3.63) is 59.8 Å². The van der Waals surface area contributed by atoms with E-state index < -0.39 is 31.8 Å². The van der Waals surface area contributed by atoms with Gasteiger partial charge in [0.1, 0.15) is 6.10 Å². The molecule has 1 aliphatic rings. The lowest BCUT2D eigenvalue weighted by atomic mass is 10.00. The van der Waals surface area contributed by atoms with E-state index in [1.165, 1.54) is 4.90 Å². The third-order valence-corrected chi connectivity index (χ3v) is 11.6. The molecule has 0 aliphatic carbocycles. The molecule has 1 aromatic heterocycles. The van der Waals surface area contributed by atoms with Crippen LogP contribution in [0.25, 0.3) is 16.6 Å². The van der Waals surface area contributed by atoms with Crippen LogP contribution in [0.4, 0.5) is 0 Å². The number of rotatable bonds is 4. The molecule has 1 saturated heterocycles. The number of nitrogens with two attached hydrogens (primary N) is 1. The van der Waals surface area contributed by atoms with Crippen LogP contribution < -0.4 is 5.73 Å². The molecule has 2 aromatic carbocycles. The SMILES string of the molecule is CN1CC(O[Si](C)(C)C(C)(C)C)C(O)(C#Cc2cccc(-n3nc(C(N)=O)c4ccccc43)c2)C1=O. The summed E-state index contributed by atoms with van der Waals surface area (Å²) in [5.74, 6) is 4.72. The normalized spacial score (nSPS) is 20.5. The van der Waals surface area contributed by atoms with E-state index in [0.29, 0.717) is 16.6 Å². The van der Waals surface area contributed by atoms with Gasteiger partial charge in [-0.25, -0.2) is 4.68 Å². The molecule has 0 bridgehead atoms. The van der Waals surface area contributed by atoms with Crippen LogP contribution in [0, 0.1) is 11.8 Å². The molecule has 1 fully saturated rings. The number of hydrogen-bond acceptors (Lipinski definition) is 5. The molecule has 9 heteroatoms. The van der Waals surface area contributed by atoms with Crippen LogP contribution in [0.1, 0.15) is 36.8 Å². The van der Waals surface area contributed by atoms with Crippen molar-refractivity contribution in [3.8, 4) is 17.5 Å². The molecule has 3 N–H and O–H groups in total. The van der Waals surface area contributed by atoms with Gasteiger partial charge in [0.2, 0.25) is 5.60 Å². The molecule has 0 radical (unpaired) electrons. The topological polar surface area (TPSA) is 111 Å². The Hall–Kier alpha value is -3.45. The van der Waals surface area contributed by atoms with Gasteiger partial charge in [-0.1, -0.05) is 51.0 Å². The van der Waals surface area contributed by atoms with Gasteiger partial charge >= 0.3 is 0 Å². The summed E-state index contributed by atoms with van der Waals surface area (Å²) in [5, 5.41) is 16.4. The molecule has 8 nitrogen and oxygen atoms in total. The number of nitrogens with zero attached hydrogens (tertiary/aromatic N) is 3. The summed E-state index contributed by atoms with van der Waals surface area (Å²) in [5.41, 5.74) is 5.74. The summed E-state index contributed by atoms with van der Waals surface area (Å²) < 4.78 is 8.07. The summed E-state index contributed by atoms with van der Waals surface area (Å²) in [6.07, 6.45) is -0.750. The molecule has 3 aromatic rings. The summed E-state index contributed by atoms with van der Waals surface area (Å²) in [4.78, 5) is 26.3. The van der Waals surface area contributed by atoms with E-state index in [2.05, 4.69) is 50.8 Å². The van der Waals surface area contributed by atoms with Crippen molar-refractivity contribution >= 4 is 31.0 Å². The highest BCUT2D eigenvalue weighted by Gasteiger charge is 2.55. The first kappa shape index (κ1) is 25.6. The molecule has 36 heavy (non-hydrogen) atoms. The first-order valence-corrected chi connectivity index (χ1v) is 14.7. The largest absolute Gasteiger partial charge is 0.408 e. The number of likely N-dealkylation sites (tertiary alicyclic amines) is 1. The monoisotopic (exact) mass is 504 g/mol. The Labute approximate surface area is 212 Å². The van der Waals surface area contributed by atoms with Gasteiger partial charge in [0.05, 0.1) is 11.2 Å². The molecule has 1 aliphatic heterocycles. The van der Waals surface area contributed by atoms with Crippen molar-refractivity contribution in [2.75, 3.05) is 13.6 Å². The smallest absolute Gasteiger partial charge is 0.269 e. The third kappa shape index (κ3) is 4.43. The fraction of sp³-hybridized carbons (Fsp3) is 0.370. The van der Waals surface area contributed by atoms with Crippen LogP contribution in [-0.2, 0) is 9.22 Å². The molecule has 2 heterocycles. The Morgan fingerprint density at radius 3 is 2.58 bits per heavy atom. The summed E-state index contributed by atoms with van der Waals surface area (Å²) in [6, 6.07) is 14.5. The minimum Gasteiger partial charge on any atom is -0.408 e. The van der Waals surface area contributed by atoms with Gasteiger partial charge in [0.25, 0.3) is 11.8 Å². The average molecular weight is 505 g/mol. The second kappa shape index (κ2) is 8.89. The maximum absolute atomic E-state index is 12.9. The highest BCUT2D eigenvalue weighted by molar-refractivity contribution is 6.74. The van der Waals surface area contributed by atoms with E-state index in [1.54, 1.807) is 36.0 Å². The fourth-order valence-electron chi connectivity index (χ4n) is 4.01. The van der Waals surface area contributed by atoms with E-state index in [4.69, 9.17) is 10.2 Å². The lowest BCUT2D eigenvalue weighted by Crippen LogP contribution is -2.52. The zero-order valence-electron chi connectivity index (χ0n) is 21.5. The second-order valence-corrected chi connectivity index (χ2v) is 15.5. The predicted molar refractivity (Wildman–Crippen MR) is 141 cm³/mol. The van der Waals surface area contributed by atoms with Crippen molar-refractivity contribution in [3.63, 3.8) is 0 Å². The van der Waals surface area contributed by atoms with E-state index >= 15 is 0 Å². The maximum atomic E-state index is 12.9. The molecule has 188 valence electrons. The minimum atomic E-state index is -2.27. The number of para-hydroxylation sites is 1. The standard InChI is InChI=1S/C27H32N4O4Si/c1-26(2,3)36(5,6)35-22-17-30(4)25(33)27(22,34)15-14-18-10-9-11-19(16-18)31-21-13-8-7-12-20(21)23(29-31)24(28)32/h7-13,16,22,34H,17H2,1-6H3,(H2,28,32). The van der Waals surface area contributed by atoms with Gasteiger partial charge in [0, 0.05) is 24.5 Å². The Morgan fingerprint density at radius 2 is 1.92 bits per heavy atom. The Bertz CT molecular complexity index is 1410. The first-order valence-electron chi connectivity index (χ1n) is 11.8. The van der Waals surface area contributed by atoms with Crippen LogP contribution in [0.3, 0.4) is 0 Å². The molecule has 0 saturated carbocycles. The molecule has 2 unspecified atom stereocenters. The number of carbonyl (C=O) groups excluding carboxylic acids is 2. The number of likely N-dealkylation sites (N-methyl/N-ethyl adjacent to an activating group) is 1. The van der Waals surface area contributed by atoms with Crippen molar-refractivity contribution in [2.45, 2.75) is 50.6 Å². The van der Waals surface area contributed by atoms with Crippen molar-refractivity contribution < 1.29 is 19.1 Å². The van der Waals surface area contributed by atoms with Gasteiger partial charge < -0.3 is 20.2 Å². The number of aromatic nitrogens is 2. The zero-order valence-corrected chi connectivity index (χ0v) is 22.5. The molecule has 0 spiro atoms. The lowest BCUT2D eigenvalue weighted by molar-refractivity contribution is -0.140. The highest BCUT2D eigenvalue weighted by Crippen LogP contribution is 2.40. The summed E-state index contributed by atoms with van der Waals surface area (Å²) in [6.45, 7) is 10.8. The number of carbonyl (C=O) groups is 2. The van der Waals surface area contributed by atoms with Crippen molar-refractivity contribution in [2.24, 2.45) is 5.73 Å². The highest BCUT2D eigenvalue weighted by atomic mass is 28.4. The van der Waals surface area contributed by atoms with Crippen LogP contribution in [0.15, 0.2) is 48.5 Å².